The van der Waals surface area contributed by atoms with Crippen molar-refractivity contribution >= 4 is 5.82 Å². The highest BCUT2D eigenvalue weighted by Gasteiger charge is 2.39. The van der Waals surface area contributed by atoms with E-state index in [0.717, 1.165) is 23.0 Å². The van der Waals surface area contributed by atoms with E-state index in [1.165, 1.54) is 37.1 Å². The van der Waals surface area contributed by atoms with E-state index >= 15 is 0 Å². The Kier molecular flexibility index (Phi) is 4.01. The Morgan fingerprint density at radius 2 is 1.71 bits per heavy atom. The van der Waals surface area contributed by atoms with Crippen LogP contribution in [0.3, 0.4) is 0 Å². The monoisotopic (exact) mass is 322 g/mol. The molecular weight excluding hydrogens is 296 g/mol. The van der Waals surface area contributed by atoms with Gasteiger partial charge in [-0.05, 0) is 76.9 Å². The molecule has 4 heterocycles. The maximum atomic E-state index is 4.46. The number of aromatic nitrogens is 2. The Labute approximate surface area is 144 Å². The second-order valence-electron chi connectivity index (χ2n) is 7.46. The summed E-state index contributed by atoms with van der Waals surface area (Å²) < 4.78 is 0. The van der Waals surface area contributed by atoms with Crippen LogP contribution in [0.2, 0.25) is 0 Å². The van der Waals surface area contributed by atoms with Crippen LogP contribution in [0.1, 0.15) is 30.9 Å². The van der Waals surface area contributed by atoms with Crippen molar-refractivity contribution in [2.24, 2.45) is 5.92 Å². The molecule has 3 aliphatic heterocycles. The maximum absolute atomic E-state index is 4.46. The highest BCUT2D eigenvalue weighted by molar-refractivity contribution is 5.61. The van der Waals surface area contributed by atoms with E-state index in [9.17, 15) is 0 Å². The molecule has 126 valence electrons. The van der Waals surface area contributed by atoms with E-state index < -0.39 is 0 Å². The smallest absolute Gasteiger partial charge is 0.148 e. The fourth-order valence-electron chi connectivity index (χ4n) is 4.40. The number of anilines is 1. The van der Waals surface area contributed by atoms with Gasteiger partial charge in [0.05, 0.1) is 5.69 Å². The number of rotatable bonds is 3. The summed E-state index contributed by atoms with van der Waals surface area (Å²) in [6, 6.07) is 11.7. The molecule has 4 heteroatoms. The van der Waals surface area contributed by atoms with Gasteiger partial charge in [0.1, 0.15) is 5.82 Å². The summed E-state index contributed by atoms with van der Waals surface area (Å²) in [5.74, 6) is 1.67. The molecule has 1 N–H and O–H groups in total. The van der Waals surface area contributed by atoms with Crippen molar-refractivity contribution in [2.45, 2.75) is 45.7 Å². The van der Waals surface area contributed by atoms with Crippen molar-refractivity contribution in [1.82, 2.24) is 15.1 Å². The predicted molar refractivity (Wildman–Crippen MR) is 98.1 cm³/mol. The van der Waals surface area contributed by atoms with E-state index in [-0.39, 0.29) is 0 Å². The van der Waals surface area contributed by atoms with Crippen molar-refractivity contribution in [3.05, 3.63) is 41.5 Å². The quantitative estimate of drug-likeness (QED) is 0.936. The Balaban J connectivity index is 1.52. The largest absolute Gasteiger partial charge is 0.364 e. The van der Waals surface area contributed by atoms with Gasteiger partial charge in [0, 0.05) is 17.6 Å². The van der Waals surface area contributed by atoms with Gasteiger partial charge < -0.3 is 5.32 Å². The second-order valence-corrected chi connectivity index (χ2v) is 7.46. The minimum Gasteiger partial charge on any atom is -0.364 e. The first-order valence-electron chi connectivity index (χ1n) is 9.03. The Hall–Kier alpha value is -1.94. The molecule has 3 aliphatic rings. The summed E-state index contributed by atoms with van der Waals surface area (Å²) in [6.07, 6.45) is 2.60. The average Bonchev–Trinajstić information content (AvgIpc) is 2.58. The molecular formula is C20H26N4. The highest BCUT2D eigenvalue weighted by Crippen LogP contribution is 2.33. The molecule has 0 unspecified atom stereocenters. The molecule has 3 fully saturated rings. The van der Waals surface area contributed by atoms with Gasteiger partial charge >= 0.3 is 0 Å². The predicted octanol–water partition coefficient (Wildman–Crippen LogP) is 3.66. The summed E-state index contributed by atoms with van der Waals surface area (Å²) in [6.45, 7) is 9.08. The first-order valence-corrected chi connectivity index (χ1v) is 9.03. The average molecular weight is 322 g/mol. The molecule has 1 aromatic carbocycles. The van der Waals surface area contributed by atoms with Gasteiger partial charge in [-0.2, -0.15) is 0 Å². The molecule has 4 nitrogen and oxygen atoms in total. The first-order chi connectivity index (χ1) is 11.6. The minimum atomic E-state index is 0.494. The number of piperidine rings is 3. The number of aryl methyl sites for hydroxylation is 2. The van der Waals surface area contributed by atoms with Crippen molar-refractivity contribution in [3.8, 4) is 11.3 Å². The minimum absolute atomic E-state index is 0.494. The molecule has 3 saturated heterocycles. The van der Waals surface area contributed by atoms with Crippen LogP contribution in [0.25, 0.3) is 11.3 Å². The molecule has 24 heavy (non-hydrogen) atoms. The molecule has 0 amide bonds. The van der Waals surface area contributed by atoms with Gasteiger partial charge in [-0.15, -0.1) is 10.2 Å². The van der Waals surface area contributed by atoms with E-state index in [1.54, 1.807) is 0 Å². The fourth-order valence-corrected chi connectivity index (χ4v) is 4.40. The van der Waals surface area contributed by atoms with E-state index in [0.29, 0.717) is 12.1 Å². The van der Waals surface area contributed by atoms with Crippen LogP contribution >= 0.6 is 0 Å². The normalized spacial score (nSPS) is 28.8. The molecule has 1 aromatic heterocycles. The summed E-state index contributed by atoms with van der Waals surface area (Å²) in [5, 5.41) is 12.6. The third-order valence-electron chi connectivity index (χ3n) is 5.67. The van der Waals surface area contributed by atoms with Crippen molar-refractivity contribution in [1.29, 1.82) is 0 Å². The number of hydrogen-bond donors (Lipinski definition) is 1. The standard InChI is InChI=1S/C20H26N4/c1-13-10-14(2)12-17(11-13)18-4-5-19(23-22-18)21-20-15(3)24-8-6-16(20)7-9-24/h4-5,10-12,15-16,20H,6-9H2,1-3H3,(H,21,23)/t15-,20+/m1/s1. The number of nitrogens with zero attached hydrogens (tertiary/aromatic N) is 3. The summed E-state index contributed by atoms with van der Waals surface area (Å²) in [5.41, 5.74) is 4.60. The summed E-state index contributed by atoms with van der Waals surface area (Å²) in [4.78, 5) is 2.59. The van der Waals surface area contributed by atoms with E-state index in [1.807, 2.05) is 0 Å². The number of fused-ring (bicyclic) bond motifs is 3. The van der Waals surface area contributed by atoms with Gasteiger partial charge in [0.2, 0.25) is 0 Å². The number of hydrogen-bond acceptors (Lipinski definition) is 4. The van der Waals surface area contributed by atoms with Gasteiger partial charge in [0.15, 0.2) is 0 Å². The van der Waals surface area contributed by atoms with Gasteiger partial charge in [0.25, 0.3) is 0 Å². The van der Waals surface area contributed by atoms with E-state index in [4.69, 9.17) is 0 Å². The zero-order chi connectivity index (χ0) is 16.7. The molecule has 0 radical (unpaired) electrons. The lowest BCUT2D eigenvalue weighted by Gasteiger charge is -2.50. The van der Waals surface area contributed by atoms with Crippen LogP contribution < -0.4 is 5.32 Å². The van der Waals surface area contributed by atoms with Crippen LogP contribution in [-0.4, -0.2) is 40.3 Å². The highest BCUT2D eigenvalue weighted by atomic mass is 15.2. The van der Waals surface area contributed by atoms with Crippen molar-refractivity contribution in [2.75, 3.05) is 18.4 Å². The Bertz CT molecular complexity index is 695. The lowest BCUT2D eigenvalue weighted by Crippen LogP contribution is -2.59. The second kappa shape index (κ2) is 6.17. The number of benzene rings is 1. The Morgan fingerprint density at radius 3 is 2.29 bits per heavy atom. The molecule has 0 aliphatic carbocycles. The third kappa shape index (κ3) is 2.91. The summed E-state index contributed by atoms with van der Waals surface area (Å²) in [7, 11) is 0. The van der Waals surface area contributed by atoms with Gasteiger partial charge in [-0.3, -0.25) is 4.90 Å². The molecule has 0 spiro atoms. The molecule has 2 aromatic rings. The van der Waals surface area contributed by atoms with Crippen molar-refractivity contribution < 1.29 is 0 Å². The summed E-state index contributed by atoms with van der Waals surface area (Å²) >= 11 is 0. The van der Waals surface area contributed by atoms with Gasteiger partial charge in [-0.25, -0.2) is 0 Å². The van der Waals surface area contributed by atoms with Crippen LogP contribution in [0.5, 0.6) is 0 Å². The lowest BCUT2D eigenvalue weighted by atomic mass is 9.79. The zero-order valence-corrected chi connectivity index (χ0v) is 14.8. The third-order valence-corrected chi connectivity index (χ3v) is 5.67. The zero-order valence-electron chi connectivity index (χ0n) is 14.8. The van der Waals surface area contributed by atoms with Crippen LogP contribution in [0.15, 0.2) is 30.3 Å². The first kappa shape index (κ1) is 15.6. The van der Waals surface area contributed by atoms with E-state index in [2.05, 4.69) is 71.5 Å². The SMILES string of the molecule is Cc1cc(C)cc(-c2ccc(N[C@@H]3C4CCN(CC4)[C@@H]3C)nn2)c1. The van der Waals surface area contributed by atoms with Crippen LogP contribution in [0, 0.1) is 19.8 Å². The molecule has 2 bridgehead atoms. The Morgan fingerprint density at radius 1 is 1.00 bits per heavy atom. The molecule has 2 atom stereocenters. The topological polar surface area (TPSA) is 41.0 Å². The van der Waals surface area contributed by atoms with Crippen molar-refractivity contribution in [3.63, 3.8) is 0 Å². The number of nitrogens with one attached hydrogen (secondary N) is 1. The fraction of sp³-hybridized carbons (Fsp3) is 0.500. The van der Waals surface area contributed by atoms with Crippen LogP contribution in [0.4, 0.5) is 5.82 Å². The molecule has 5 rings (SSSR count). The van der Waals surface area contributed by atoms with Crippen LogP contribution in [-0.2, 0) is 0 Å². The lowest BCUT2D eigenvalue weighted by molar-refractivity contribution is 0.0457. The van der Waals surface area contributed by atoms with Gasteiger partial charge in [-0.1, -0.05) is 17.2 Å². The maximum Gasteiger partial charge on any atom is 0.148 e. The molecule has 0 saturated carbocycles.